The highest BCUT2D eigenvalue weighted by Crippen LogP contribution is 2.23. The van der Waals surface area contributed by atoms with Crippen LogP contribution in [0.5, 0.6) is 0 Å². The second-order valence-electron chi connectivity index (χ2n) is 3.53. The Kier molecular flexibility index (Phi) is 2.11. The standard InChI is InChI=1S/C10H14N4/c1-8-6-11-7-12-10(8)14-5-4-13(3)9(14)2/h4-7,9H,1-3H3. The fourth-order valence-corrected chi connectivity index (χ4v) is 1.53. The third kappa shape index (κ3) is 1.32. The van der Waals surface area contributed by atoms with Crippen LogP contribution in [-0.2, 0) is 0 Å². The lowest BCUT2D eigenvalue weighted by atomic mass is 10.3. The van der Waals surface area contributed by atoms with E-state index in [-0.39, 0.29) is 0 Å². The maximum absolute atomic E-state index is 4.28. The monoisotopic (exact) mass is 190 g/mol. The largest absolute Gasteiger partial charge is 0.359 e. The molecule has 0 N–H and O–H groups in total. The maximum atomic E-state index is 4.28. The van der Waals surface area contributed by atoms with Gasteiger partial charge in [-0.2, -0.15) is 0 Å². The van der Waals surface area contributed by atoms with Crippen molar-refractivity contribution in [1.29, 1.82) is 0 Å². The highest BCUT2D eigenvalue weighted by atomic mass is 15.4. The molecule has 4 heteroatoms. The normalized spacial score (nSPS) is 20.6. The Bertz CT molecular complexity index is 361. The molecule has 0 saturated heterocycles. The van der Waals surface area contributed by atoms with Crippen molar-refractivity contribution in [3.8, 4) is 0 Å². The van der Waals surface area contributed by atoms with Crippen LogP contribution in [0.4, 0.5) is 5.82 Å². The van der Waals surface area contributed by atoms with Crippen molar-refractivity contribution in [1.82, 2.24) is 14.9 Å². The first-order valence-corrected chi connectivity index (χ1v) is 4.65. The van der Waals surface area contributed by atoms with Crippen molar-refractivity contribution in [2.75, 3.05) is 11.9 Å². The van der Waals surface area contributed by atoms with Crippen LogP contribution in [0.25, 0.3) is 0 Å². The molecule has 0 spiro atoms. The topological polar surface area (TPSA) is 32.3 Å². The summed E-state index contributed by atoms with van der Waals surface area (Å²) in [5, 5.41) is 0. The molecule has 1 unspecified atom stereocenters. The molecule has 1 atom stereocenters. The molecular formula is C10H14N4. The number of hydrogen-bond donors (Lipinski definition) is 0. The van der Waals surface area contributed by atoms with E-state index in [1.165, 1.54) is 0 Å². The molecule has 2 rings (SSSR count). The van der Waals surface area contributed by atoms with Gasteiger partial charge in [0.15, 0.2) is 0 Å². The van der Waals surface area contributed by atoms with Gasteiger partial charge in [-0.25, -0.2) is 9.97 Å². The summed E-state index contributed by atoms with van der Waals surface area (Å²) in [6.45, 7) is 4.16. The van der Waals surface area contributed by atoms with Crippen LogP contribution in [0.2, 0.25) is 0 Å². The molecule has 74 valence electrons. The molecule has 0 amide bonds. The van der Waals surface area contributed by atoms with Crippen LogP contribution in [-0.4, -0.2) is 28.1 Å². The molecule has 4 nitrogen and oxygen atoms in total. The second kappa shape index (κ2) is 3.29. The molecule has 1 aliphatic heterocycles. The van der Waals surface area contributed by atoms with E-state index in [9.17, 15) is 0 Å². The molecule has 0 bridgehead atoms. The van der Waals surface area contributed by atoms with Gasteiger partial charge >= 0.3 is 0 Å². The number of rotatable bonds is 1. The van der Waals surface area contributed by atoms with Crippen molar-refractivity contribution in [2.45, 2.75) is 20.0 Å². The fourth-order valence-electron chi connectivity index (χ4n) is 1.53. The zero-order valence-electron chi connectivity index (χ0n) is 8.68. The van der Waals surface area contributed by atoms with Crippen LogP contribution in [0, 0.1) is 6.92 Å². The average molecular weight is 190 g/mol. The highest BCUT2D eigenvalue weighted by molar-refractivity contribution is 5.49. The van der Waals surface area contributed by atoms with E-state index in [4.69, 9.17) is 0 Å². The van der Waals surface area contributed by atoms with Crippen LogP contribution < -0.4 is 4.90 Å². The van der Waals surface area contributed by atoms with Gasteiger partial charge in [-0.1, -0.05) is 0 Å². The van der Waals surface area contributed by atoms with Crippen LogP contribution >= 0.6 is 0 Å². The molecule has 1 aliphatic rings. The van der Waals surface area contributed by atoms with Gasteiger partial charge in [0.25, 0.3) is 0 Å². The Balaban J connectivity index is 2.33. The molecule has 0 radical (unpaired) electrons. The van der Waals surface area contributed by atoms with Crippen molar-refractivity contribution >= 4 is 5.82 Å². The predicted octanol–water partition coefficient (Wildman–Crippen LogP) is 1.35. The molecule has 0 aliphatic carbocycles. The van der Waals surface area contributed by atoms with E-state index < -0.39 is 0 Å². The molecular weight excluding hydrogens is 176 g/mol. The summed E-state index contributed by atoms with van der Waals surface area (Å²) in [7, 11) is 2.05. The van der Waals surface area contributed by atoms with Crippen molar-refractivity contribution in [3.05, 3.63) is 30.5 Å². The molecule has 1 aromatic rings. The van der Waals surface area contributed by atoms with Gasteiger partial charge in [-0.15, -0.1) is 0 Å². The van der Waals surface area contributed by atoms with Gasteiger partial charge in [0.2, 0.25) is 0 Å². The SMILES string of the molecule is Cc1cncnc1N1C=CN(C)C1C. The Morgan fingerprint density at radius 2 is 2.14 bits per heavy atom. The Morgan fingerprint density at radius 3 is 2.71 bits per heavy atom. The first-order valence-electron chi connectivity index (χ1n) is 4.65. The predicted molar refractivity (Wildman–Crippen MR) is 55.6 cm³/mol. The first kappa shape index (κ1) is 8.99. The van der Waals surface area contributed by atoms with Crippen molar-refractivity contribution < 1.29 is 0 Å². The van der Waals surface area contributed by atoms with Crippen LogP contribution in [0.1, 0.15) is 12.5 Å². The molecule has 0 aromatic carbocycles. The van der Waals surface area contributed by atoms with E-state index in [1.807, 2.05) is 25.5 Å². The first-order chi connectivity index (χ1) is 6.70. The summed E-state index contributed by atoms with van der Waals surface area (Å²) in [6, 6.07) is 0. The summed E-state index contributed by atoms with van der Waals surface area (Å²) < 4.78 is 0. The number of nitrogens with zero attached hydrogens (tertiary/aromatic N) is 4. The number of anilines is 1. The molecule has 2 heterocycles. The summed E-state index contributed by atoms with van der Waals surface area (Å²) >= 11 is 0. The minimum atomic E-state index is 0.323. The average Bonchev–Trinajstić information content (AvgIpc) is 2.49. The van der Waals surface area contributed by atoms with E-state index in [1.54, 1.807) is 6.33 Å². The third-order valence-electron chi connectivity index (χ3n) is 2.57. The van der Waals surface area contributed by atoms with Crippen molar-refractivity contribution in [2.24, 2.45) is 0 Å². The number of aryl methyl sites for hydroxylation is 1. The lowest BCUT2D eigenvalue weighted by molar-refractivity contribution is 0.381. The summed E-state index contributed by atoms with van der Waals surface area (Å²) in [6.07, 6.45) is 7.83. The van der Waals surface area contributed by atoms with E-state index >= 15 is 0 Å². The smallest absolute Gasteiger partial charge is 0.140 e. The number of aromatic nitrogens is 2. The summed E-state index contributed by atoms with van der Waals surface area (Å²) in [4.78, 5) is 12.5. The van der Waals surface area contributed by atoms with Gasteiger partial charge in [0, 0.05) is 31.2 Å². The zero-order chi connectivity index (χ0) is 10.1. The number of hydrogen-bond acceptors (Lipinski definition) is 4. The summed E-state index contributed by atoms with van der Waals surface area (Å²) in [5.41, 5.74) is 1.10. The molecule has 0 fully saturated rings. The maximum Gasteiger partial charge on any atom is 0.140 e. The quantitative estimate of drug-likeness (QED) is 0.669. The minimum Gasteiger partial charge on any atom is -0.359 e. The Labute approximate surface area is 83.9 Å². The van der Waals surface area contributed by atoms with Gasteiger partial charge in [-0.3, -0.25) is 0 Å². The highest BCUT2D eigenvalue weighted by Gasteiger charge is 2.21. The van der Waals surface area contributed by atoms with Crippen LogP contribution in [0.15, 0.2) is 24.9 Å². The fraction of sp³-hybridized carbons (Fsp3) is 0.400. The lowest BCUT2D eigenvalue weighted by Crippen LogP contribution is -2.34. The summed E-state index contributed by atoms with van der Waals surface area (Å²) in [5.74, 6) is 0.980. The van der Waals surface area contributed by atoms with Crippen LogP contribution in [0.3, 0.4) is 0 Å². The van der Waals surface area contributed by atoms with E-state index in [0.29, 0.717) is 6.17 Å². The van der Waals surface area contributed by atoms with Gasteiger partial charge in [0.1, 0.15) is 18.3 Å². The molecule has 0 saturated carbocycles. The zero-order valence-corrected chi connectivity index (χ0v) is 8.68. The van der Waals surface area contributed by atoms with E-state index in [0.717, 1.165) is 11.4 Å². The van der Waals surface area contributed by atoms with E-state index in [2.05, 4.69) is 33.7 Å². The molecule has 1 aromatic heterocycles. The molecule has 14 heavy (non-hydrogen) atoms. The van der Waals surface area contributed by atoms with Gasteiger partial charge < -0.3 is 9.80 Å². The van der Waals surface area contributed by atoms with Crippen molar-refractivity contribution in [3.63, 3.8) is 0 Å². The Hall–Kier alpha value is -1.58. The Morgan fingerprint density at radius 1 is 1.36 bits per heavy atom. The minimum absolute atomic E-state index is 0.323. The van der Waals surface area contributed by atoms with Gasteiger partial charge in [0.05, 0.1) is 0 Å². The van der Waals surface area contributed by atoms with Gasteiger partial charge in [-0.05, 0) is 13.8 Å². The lowest BCUT2D eigenvalue weighted by Gasteiger charge is -2.26. The third-order valence-corrected chi connectivity index (χ3v) is 2.57. The second-order valence-corrected chi connectivity index (χ2v) is 3.53.